The quantitative estimate of drug-likeness (QED) is 0.831. The second-order valence-corrected chi connectivity index (χ2v) is 5.53. The number of aromatic nitrogens is 2. The highest BCUT2D eigenvalue weighted by Gasteiger charge is 2.41. The molecule has 1 aromatic rings. The standard InChI is InChI=1S/C13H21N5/c1-9-6-12(16-13(15-9)17(2)3)18-8-10-4-5-14-7-11(10)18/h6,10-11,14H,4-5,7-8H2,1-3H3. The summed E-state index contributed by atoms with van der Waals surface area (Å²) in [6, 6.07) is 2.72. The van der Waals surface area contributed by atoms with Gasteiger partial charge in [0.05, 0.1) is 0 Å². The summed E-state index contributed by atoms with van der Waals surface area (Å²) >= 11 is 0. The number of rotatable bonds is 2. The Balaban J connectivity index is 1.84. The summed E-state index contributed by atoms with van der Waals surface area (Å²) < 4.78 is 0. The van der Waals surface area contributed by atoms with E-state index in [9.17, 15) is 0 Å². The SMILES string of the molecule is Cc1cc(N2CC3CCNCC32)nc(N(C)C)n1. The molecule has 2 unspecified atom stereocenters. The molecular formula is C13H21N5. The molecule has 0 spiro atoms. The third kappa shape index (κ3) is 1.92. The Kier molecular flexibility index (Phi) is 2.86. The van der Waals surface area contributed by atoms with E-state index in [2.05, 4.69) is 26.3 Å². The minimum atomic E-state index is 0.628. The van der Waals surface area contributed by atoms with Crippen molar-refractivity contribution in [3.8, 4) is 0 Å². The minimum absolute atomic E-state index is 0.628. The van der Waals surface area contributed by atoms with Gasteiger partial charge in [0.1, 0.15) is 5.82 Å². The Morgan fingerprint density at radius 1 is 1.39 bits per heavy atom. The van der Waals surface area contributed by atoms with E-state index >= 15 is 0 Å². The molecule has 0 amide bonds. The molecule has 2 aliphatic heterocycles. The predicted octanol–water partition coefficient (Wildman–Crippen LogP) is 0.649. The molecule has 5 heteroatoms. The largest absolute Gasteiger partial charge is 0.351 e. The highest BCUT2D eigenvalue weighted by Crippen LogP contribution is 2.34. The summed E-state index contributed by atoms with van der Waals surface area (Å²) in [5, 5.41) is 3.47. The van der Waals surface area contributed by atoms with Crippen LogP contribution < -0.4 is 15.1 Å². The van der Waals surface area contributed by atoms with E-state index in [0.29, 0.717) is 6.04 Å². The molecule has 2 fully saturated rings. The van der Waals surface area contributed by atoms with Gasteiger partial charge < -0.3 is 15.1 Å². The average molecular weight is 247 g/mol. The lowest BCUT2D eigenvalue weighted by molar-refractivity contribution is 0.227. The van der Waals surface area contributed by atoms with Gasteiger partial charge in [-0.15, -0.1) is 0 Å². The zero-order valence-electron chi connectivity index (χ0n) is 11.3. The van der Waals surface area contributed by atoms with E-state index in [1.807, 2.05) is 25.9 Å². The Morgan fingerprint density at radius 3 is 2.94 bits per heavy atom. The zero-order chi connectivity index (χ0) is 12.7. The van der Waals surface area contributed by atoms with Gasteiger partial charge in [-0.2, -0.15) is 4.98 Å². The van der Waals surface area contributed by atoms with Crippen LogP contribution in [0.25, 0.3) is 0 Å². The molecule has 1 N–H and O–H groups in total. The normalized spacial score (nSPS) is 26.5. The van der Waals surface area contributed by atoms with Crippen LogP contribution in [-0.2, 0) is 0 Å². The van der Waals surface area contributed by atoms with Crippen molar-refractivity contribution in [1.29, 1.82) is 0 Å². The molecule has 2 aliphatic rings. The lowest BCUT2D eigenvalue weighted by Crippen LogP contribution is -2.64. The summed E-state index contributed by atoms with van der Waals surface area (Å²) in [6.07, 6.45) is 1.30. The predicted molar refractivity (Wildman–Crippen MR) is 73.2 cm³/mol. The molecule has 0 saturated carbocycles. The van der Waals surface area contributed by atoms with Gasteiger partial charge in [-0.25, -0.2) is 4.98 Å². The van der Waals surface area contributed by atoms with E-state index in [0.717, 1.165) is 36.5 Å². The first-order valence-electron chi connectivity index (χ1n) is 6.65. The fourth-order valence-corrected chi connectivity index (χ4v) is 2.87. The smallest absolute Gasteiger partial charge is 0.226 e. The van der Waals surface area contributed by atoms with E-state index < -0.39 is 0 Å². The third-order valence-electron chi connectivity index (χ3n) is 3.94. The van der Waals surface area contributed by atoms with Crippen LogP contribution in [-0.4, -0.2) is 49.7 Å². The maximum absolute atomic E-state index is 4.66. The molecule has 98 valence electrons. The summed E-state index contributed by atoms with van der Waals surface area (Å²) in [4.78, 5) is 13.5. The van der Waals surface area contributed by atoms with Crippen molar-refractivity contribution in [3.63, 3.8) is 0 Å². The van der Waals surface area contributed by atoms with Gasteiger partial charge in [0, 0.05) is 45.0 Å². The molecule has 2 saturated heterocycles. The van der Waals surface area contributed by atoms with Crippen molar-refractivity contribution in [1.82, 2.24) is 15.3 Å². The van der Waals surface area contributed by atoms with Crippen LogP contribution in [0.3, 0.4) is 0 Å². The van der Waals surface area contributed by atoms with Gasteiger partial charge >= 0.3 is 0 Å². The molecule has 0 bridgehead atoms. The monoisotopic (exact) mass is 247 g/mol. The number of hydrogen-bond donors (Lipinski definition) is 1. The number of hydrogen-bond acceptors (Lipinski definition) is 5. The average Bonchev–Trinajstić information content (AvgIpc) is 2.30. The lowest BCUT2D eigenvalue weighted by atomic mass is 9.83. The molecule has 2 atom stereocenters. The molecule has 0 aliphatic carbocycles. The van der Waals surface area contributed by atoms with Crippen molar-refractivity contribution in [2.24, 2.45) is 5.92 Å². The zero-order valence-corrected chi connectivity index (χ0v) is 11.3. The van der Waals surface area contributed by atoms with Crippen LogP contribution in [0.15, 0.2) is 6.07 Å². The number of nitrogens with one attached hydrogen (secondary N) is 1. The Morgan fingerprint density at radius 2 is 2.22 bits per heavy atom. The van der Waals surface area contributed by atoms with Crippen LogP contribution >= 0.6 is 0 Å². The molecule has 3 heterocycles. The first kappa shape index (κ1) is 11.7. The van der Waals surface area contributed by atoms with Crippen molar-refractivity contribution >= 4 is 11.8 Å². The van der Waals surface area contributed by atoms with Gasteiger partial charge in [-0.1, -0.05) is 0 Å². The van der Waals surface area contributed by atoms with Crippen LogP contribution in [0, 0.1) is 12.8 Å². The van der Waals surface area contributed by atoms with E-state index in [-0.39, 0.29) is 0 Å². The molecular weight excluding hydrogens is 226 g/mol. The molecule has 5 nitrogen and oxygen atoms in total. The van der Waals surface area contributed by atoms with E-state index in [4.69, 9.17) is 0 Å². The van der Waals surface area contributed by atoms with Crippen LogP contribution in [0.2, 0.25) is 0 Å². The van der Waals surface area contributed by atoms with Gasteiger partial charge in [-0.3, -0.25) is 0 Å². The molecule has 1 aromatic heterocycles. The summed E-state index contributed by atoms with van der Waals surface area (Å²) in [5.74, 6) is 2.73. The van der Waals surface area contributed by atoms with Crippen molar-refractivity contribution in [3.05, 3.63) is 11.8 Å². The number of fused-ring (bicyclic) bond motifs is 1. The second-order valence-electron chi connectivity index (χ2n) is 5.53. The minimum Gasteiger partial charge on any atom is -0.351 e. The first-order valence-corrected chi connectivity index (χ1v) is 6.65. The van der Waals surface area contributed by atoms with Gasteiger partial charge in [0.15, 0.2) is 0 Å². The molecule has 3 rings (SSSR count). The van der Waals surface area contributed by atoms with Gasteiger partial charge in [0.2, 0.25) is 5.95 Å². The third-order valence-corrected chi connectivity index (χ3v) is 3.94. The summed E-state index contributed by atoms with van der Waals surface area (Å²) in [5.41, 5.74) is 1.04. The fraction of sp³-hybridized carbons (Fsp3) is 0.692. The number of nitrogens with zero attached hydrogens (tertiary/aromatic N) is 4. The maximum Gasteiger partial charge on any atom is 0.226 e. The van der Waals surface area contributed by atoms with Crippen LogP contribution in [0.1, 0.15) is 12.1 Å². The fourth-order valence-electron chi connectivity index (χ4n) is 2.87. The van der Waals surface area contributed by atoms with Crippen molar-refractivity contribution < 1.29 is 0 Å². The summed E-state index contributed by atoms with van der Waals surface area (Å²) in [6.45, 7) is 5.44. The first-order chi connectivity index (χ1) is 8.65. The number of piperidine rings is 1. The van der Waals surface area contributed by atoms with E-state index in [1.54, 1.807) is 0 Å². The number of anilines is 2. The van der Waals surface area contributed by atoms with Gasteiger partial charge in [-0.05, 0) is 25.8 Å². The van der Waals surface area contributed by atoms with Crippen molar-refractivity contribution in [2.45, 2.75) is 19.4 Å². The highest BCUT2D eigenvalue weighted by molar-refractivity contribution is 5.49. The summed E-state index contributed by atoms with van der Waals surface area (Å²) in [7, 11) is 3.97. The second kappa shape index (κ2) is 4.39. The Labute approximate surface area is 108 Å². The van der Waals surface area contributed by atoms with Gasteiger partial charge in [0.25, 0.3) is 0 Å². The molecule has 0 aromatic carbocycles. The Bertz CT molecular complexity index is 445. The van der Waals surface area contributed by atoms with E-state index in [1.165, 1.54) is 13.0 Å². The lowest BCUT2D eigenvalue weighted by Gasteiger charge is -2.51. The number of aryl methyl sites for hydroxylation is 1. The molecule has 18 heavy (non-hydrogen) atoms. The maximum atomic E-state index is 4.66. The van der Waals surface area contributed by atoms with Crippen molar-refractivity contribution in [2.75, 3.05) is 43.5 Å². The topological polar surface area (TPSA) is 44.3 Å². The highest BCUT2D eigenvalue weighted by atomic mass is 15.3. The van der Waals surface area contributed by atoms with Crippen LogP contribution in [0.5, 0.6) is 0 Å². The Hall–Kier alpha value is -1.36. The molecule has 0 radical (unpaired) electrons. The van der Waals surface area contributed by atoms with Crippen LogP contribution in [0.4, 0.5) is 11.8 Å².